The van der Waals surface area contributed by atoms with Gasteiger partial charge >= 0.3 is 0 Å². The van der Waals surface area contributed by atoms with Gasteiger partial charge in [-0.2, -0.15) is 0 Å². The number of carbonyl (C=O) groups excluding carboxylic acids is 1. The summed E-state index contributed by atoms with van der Waals surface area (Å²) in [7, 11) is 0. The van der Waals surface area contributed by atoms with Gasteiger partial charge in [-0.15, -0.1) is 0 Å². The zero-order valence-corrected chi connectivity index (χ0v) is 17.9. The second-order valence-corrected chi connectivity index (χ2v) is 7.39. The molecule has 0 unspecified atom stereocenters. The highest BCUT2D eigenvalue weighted by molar-refractivity contribution is 5.93. The van der Waals surface area contributed by atoms with E-state index >= 15 is 0 Å². The largest absolute Gasteiger partial charge is 0.324 e. The number of anilines is 1. The zero-order valence-electron chi connectivity index (χ0n) is 17.9. The van der Waals surface area contributed by atoms with Gasteiger partial charge in [0.1, 0.15) is 0 Å². The third-order valence-electron chi connectivity index (χ3n) is 5.20. The van der Waals surface area contributed by atoms with E-state index in [-0.39, 0.29) is 5.91 Å². The SMILES string of the molecule is CCN(CC)CCCN(CC(=O)Nc1c(C)cccc1C)Cc1ccccc1. The summed E-state index contributed by atoms with van der Waals surface area (Å²) >= 11 is 0. The first-order valence-corrected chi connectivity index (χ1v) is 10.4. The maximum absolute atomic E-state index is 12.8. The maximum Gasteiger partial charge on any atom is 0.238 e. The Bertz CT molecular complexity index is 706. The molecule has 0 saturated carbocycles. The number of nitrogens with one attached hydrogen (secondary N) is 1. The van der Waals surface area contributed by atoms with Crippen molar-refractivity contribution in [2.24, 2.45) is 0 Å². The van der Waals surface area contributed by atoms with Crippen molar-refractivity contribution in [2.45, 2.75) is 40.7 Å². The molecule has 4 nitrogen and oxygen atoms in total. The quantitative estimate of drug-likeness (QED) is 0.623. The smallest absolute Gasteiger partial charge is 0.238 e. The van der Waals surface area contributed by atoms with Gasteiger partial charge in [-0.05, 0) is 56.6 Å². The van der Waals surface area contributed by atoms with Crippen LogP contribution in [0.25, 0.3) is 0 Å². The van der Waals surface area contributed by atoms with Crippen molar-refractivity contribution in [3.05, 3.63) is 65.2 Å². The number of hydrogen-bond acceptors (Lipinski definition) is 3. The number of nitrogens with zero attached hydrogens (tertiary/aromatic N) is 2. The van der Waals surface area contributed by atoms with Crippen LogP contribution in [0.15, 0.2) is 48.5 Å². The Labute approximate surface area is 170 Å². The molecule has 0 heterocycles. The first kappa shape index (κ1) is 22.1. The van der Waals surface area contributed by atoms with Gasteiger partial charge in [0.25, 0.3) is 0 Å². The van der Waals surface area contributed by atoms with E-state index < -0.39 is 0 Å². The molecule has 1 N–H and O–H groups in total. The van der Waals surface area contributed by atoms with Crippen LogP contribution in [-0.2, 0) is 11.3 Å². The Morgan fingerprint density at radius 1 is 0.857 bits per heavy atom. The fourth-order valence-corrected chi connectivity index (χ4v) is 3.51. The topological polar surface area (TPSA) is 35.6 Å². The fraction of sp³-hybridized carbons (Fsp3) is 0.458. The Kier molecular flexibility index (Phi) is 9.18. The van der Waals surface area contributed by atoms with Gasteiger partial charge in [-0.1, -0.05) is 62.4 Å². The average Bonchev–Trinajstić information content (AvgIpc) is 2.69. The van der Waals surface area contributed by atoms with E-state index in [1.807, 2.05) is 38.1 Å². The molecular weight excluding hydrogens is 346 g/mol. The molecule has 2 rings (SSSR count). The van der Waals surface area contributed by atoms with Gasteiger partial charge in [-0.3, -0.25) is 9.69 Å². The Hall–Kier alpha value is -2.17. The molecule has 0 fully saturated rings. The molecule has 152 valence electrons. The first-order chi connectivity index (χ1) is 13.5. The lowest BCUT2D eigenvalue weighted by Gasteiger charge is -2.24. The highest BCUT2D eigenvalue weighted by Crippen LogP contribution is 2.19. The molecule has 0 aliphatic heterocycles. The number of aryl methyl sites for hydroxylation is 2. The average molecular weight is 382 g/mol. The molecule has 2 aromatic carbocycles. The summed E-state index contributed by atoms with van der Waals surface area (Å²) in [6, 6.07) is 16.5. The van der Waals surface area contributed by atoms with Crippen molar-refractivity contribution >= 4 is 11.6 Å². The van der Waals surface area contributed by atoms with Crippen molar-refractivity contribution in [3.8, 4) is 0 Å². The molecule has 2 aromatic rings. The predicted molar refractivity (Wildman–Crippen MR) is 119 cm³/mol. The van der Waals surface area contributed by atoms with E-state index in [1.54, 1.807) is 0 Å². The third-order valence-corrected chi connectivity index (χ3v) is 5.20. The molecule has 0 aromatic heterocycles. The van der Waals surface area contributed by atoms with Gasteiger partial charge in [0, 0.05) is 18.8 Å². The molecule has 28 heavy (non-hydrogen) atoms. The van der Waals surface area contributed by atoms with Gasteiger partial charge in [0.05, 0.1) is 6.54 Å². The van der Waals surface area contributed by atoms with Crippen molar-refractivity contribution < 1.29 is 4.79 Å². The summed E-state index contributed by atoms with van der Waals surface area (Å²) < 4.78 is 0. The van der Waals surface area contributed by atoms with E-state index in [0.29, 0.717) is 6.54 Å². The Morgan fingerprint density at radius 2 is 1.46 bits per heavy atom. The highest BCUT2D eigenvalue weighted by Gasteiger charge is 2.14. The van der Waals surface area contributed by atoms with Crippen LogP contribution in [0.4, 0.5) is 5.69 Å². The summed E-state index contributed by atoms with van der Waals surface area (Å²) in [4.78, 5) is 17.4. The lowest BCUT2D eigenvalue weighted by Crippen LogP contribution is -2.35. The van der Waals surface area contributed by atoms with Crippen LogP contribution in [0.3, 0.4) is 0 Å². The minimum Gasteiger partial charge on any atom is -0.324 e. The standard InChI is InChI=1S/C24H35N3O/c1-5-26(6-2)16-11-17-27(18-22-14-8-7-9-15-22)19-23(28)25-24-20(3)12-10-13-21(24)4/h7-10,12-15H,5-6,11,16-19H2,1-4H3,(H,25,28). The van der Waals surface area contributed by atoms with Crippen LogP contribution < -0.4 is 5.32 Å². The van der Waals surface area contributed by atoms with E-state index in [1.165, 1.54) is 5.56 Å². The summed E-state index contributed by atoms with van der Waals surface area (Å²) in [5.74, 6) is 0.0520. The molecule has 1 amide bonds. The van der Waals surface area contributed by atoms with Crippen molar-refractivity contribution in [3.63, 3.8) is 0 Å². The minimum atomic E-state index is 0.0520. The summed E-state index contributed by atoms with van der Waals surface area (Å²) in [6.07, 6.45) is 1.06. The summed E-state index contributed by atoms with van der Waals surface area (Å²) in [5, 5.41) is 3.13. The molecule has 0 aliphatic rings. The number of carbonyl (C=O) groups is 1. The second-order valence-electron chi connectivity index (χ2n) is 7.39. The van der Waals surface area contributed by atoms with Crippen molar-refractivity contribution in [2.75, 3.05) is 38.0 Å². The normalized spacial score (nSPS) is 11.2. The Balaban J connectivity index is 2.00. The monoisotopic (exact) mass is 381 g/mol. The zero-order chi connectivity index (χ0) is 20.4. The summed E-state index contributed by atoms with van der Waals surface area (Å²) in [5.41, 5.74) is 4.38. The molecular formula is C24H35N3O. The van der Waals surface area contributed by atoms with Gasteiger partial charge < -0.3 is 10.2 Å². The molecule has 0 spiro atoms. The van der Waals surface area contributed by atoms with Gasteiger partial charge in [0.2, 0.25) is 5.91 Å². The lowest BCUT2D eigenvalue weighted by molar-refractivity contribution is -0.117. The maximum atomic E-state index is 12.8. The van der Waals surface area contributed by atoms with Crippen LogP contribution in [-0.4, -0.2) is 48.4 Å². The fourth-order valence-electron chi connectivity index (χ4n) is 3.51. The highest BCUT2D eigenvalue weighted by atomic mass is 16.2. The minimum absolute atomic E-state index is 0.0520. The van der Waals surface area contributed by atoms with Crippen LogP contribution in [0.2, 0.25) is 0 Å². The molecule has 0 radical (unpaired) electrons. The van der Waals surface area contributed by atoms with Crippen molar-refractivity contribution in [1.82, 2.24) is 9.80 Å². The number of para-hydroxylation sites is 1. The van der Waals surface area contributed by atoms with Crippen molar-refractivity contribution in [1.29, 1.82) is 0 Å². The summed E-state index contributed by atoms with van der Waals surface area (Å²) in [6.45, 7) is 13.8. The van der Waals surface area contributed by atoms with Gasteiger partial charge in [-0.25, -0.2) is 0 Å². The second kappa shape index (κ2) is 11.6. The van der Waals surface area contributed by atoms with E-state index in [0.717, 1.165) is 56.0 Å². The van der Waals surface area contributed by atoms with Crippen LogP contribution in [0.5, 0.6) is 0 Å². The molecule has 4 heteroatoms. The third kappa shape index (κ3) is 7.10. The predicted octanol–water partition coefficient (Wildman–Crippen LogP) is 4.48. The van der Waals surface area contributed by atoms with E-state index in [4.69, 9.17) is 0 Å². The van der Waals surface area contributed by atoms with Crippen LogP contribution >= 0.6 is 0 Å². The van der Waals surface area contributed by atoms with E-state index in [9.17, 15) is 4.79 Å². The Morgan fingerprint density at radius 3 is 2.07 bits per heavy atom. The molecule has 0 saturated heterocycles. The van der Waals surface area contributed by atoms with Crippen LogP contribution in [0, 0.1) is 13.8 Å². The number of amides is 1. The van der Waals surface area contributed by atoms with Gasteiger partial charge in [0.15, 0.2) is 0 Å². The lowest BCUT2D eigenvalue weighted by atomic mass is 10.1. The first-order valence-electron chi connectivity index (χ1n) is 10.4. The molecule has 0 aliphatic carbocycles. The number of hydrogen-bond donors (Lipinski definition) is 1. The number of benzene rings is 2. The van der Waals surface area contributed by atoms with Crippen LogP contribution in [0.1, 0.15) is 37.0 Å². The van der Waals surface area contributed by atoms with E-state index in [2.05, 4.69) is 53.2 Å². The molecule has 0 atom stereocenters. The molecule has 0 bridgehead atoms. The number of rotatable bonds is 11.